The fourth-order valence-corrected chi connectivity index (χ4v) is 3.07. The van der Waals surface area contributed by atoms with E-state index >= 15 is 0 Å². The van der Waals surface area contributed by atoms with Crippen LogP contribution in [0.2, 0.25) is 0 Å². The predicted molar refractivity (Wildman–Crippen MR) is 91.6 cm³/mol. The van der Waals surface area contributed by atoms with Crippen LogP contribution in [0.5, 0.6) is 0 Å². The summed E-state index contributed by atoms with van der Waals surface area (Å²) >= 11 is 0. The van der Waals surface area contributed by atoms with Gasteiger partial charge in [-0.15, -0.1) is 0 Å². The number of aromatic nitrogens is 2. The molecule has 1 aromatic heterocycles. The summed E-state index contributed by atoms with van der Waals surface area (Å²) in [6.07, 6.45) is 1.11. The summed E-state index contributed by atoms with van der Waals surface area (Å²) in [5.74, 6) is 1.92. The number of nitrogens with zero attached hydrogens (tertiary/aromatic N) is 4. The number of nitrogens with two attached hydrogens (primary N) is 1. The maximum absolute atomic E-state index is 11.4. The van der Waals surface area contributed by atoms with E-state index in [4.69, 9.17) is 5.73 Å². The van der Waals surface area contributed by atoms with Gasteiger partial charge in [-0.05, 0) is 24.2 Å². The van der Waals surface area contributed by atoms with E-state index < -0.39 is 4.92 Å². The quantitative estimate of drug-likeness (QED) is 0.633. The van der Waals surface area contributed by atoms with E-state index in [2.05, 4.69) is 43.0 Å². The molecule has 1 saturated heterocycles. The molecule has 1 aliphatic rings. The highest BCUT2D eigenvalue weighted by Gasteiger charge is 2.31. The highest BCUT2D eigenvalue weighted by atomic mass is 16.6. The Morgan fingerprint density at radius 2 is 1.96 bits per heavy atom. The second-order valence-electron chi connectivity index (χ2n) is 6.99. The average molecular weight is 322 g/mol. The van der Waals surface area contributed by atoms with E-state index in [9.17, 15) is 10.1 Å². The zero-order chi connectivity index (χ0) is 17.1. The van der Waals surface area contributed by atoms with Gasteiger partial charge in [0, 0.05) is 19.6 Å². The Morgan fingerprint density at radius 3 is 2.48 bits per heavy atom. The van der Waals surface area contributed by atoms with Crippen molar-refractivity contribution >= 4 is 23.3 Å². The van der Waals surface area contributed by atoms with Gasteiger partial charge >= 0.3 is 5.69 Å². The van der Waals surface area contributed by atoms with Gasteiger partial charge in [0.25, 0.3) is 0 Å². The number of hydrogen-bond donors (Lipinski definition) is 2. The maximum Gasteiger partial charge on any atom is 0.353 e. The Labute approximate surface area is 136 Å². The van der Waals surface area contributed by atoms with Gasteiger partial charge in [-0.1, -0.05) is 27.7 Å². The molecule has 0 radical (unpaired) electrons. The van der Waals surface area contributed by atoms with E-state index in [0.717, 1.165) is 19.5 Å². The molecule has 2 atom stereocenters. The molecule has 0 aromatic carbocycles. The topological polar surface area (TPSA) is 110 Å². The Morgan fingerprint density at radius 1 is 1.35 bits per heavy atom. The summed E-state index contributed by atoms with van der Waals surface area (Å²) < 4.78 is 0. The number of rotatable bonds is 5. The van der Waals surface area contributed by atoms with E-state index in [0.29, 0.717) is 36.1 Å². The van der Waals surface area contributed by atoms with Crippen LogP contribution in [0.3, 0.4) is 0 Å². The van der Waals surface area contributed by atoms with Gasteiger partial charge in [-0.3, -0.25) is 10.1 Å². The van der Waals surface area contributed by atoms with Crippen molar-refractivity contribution in [3.05, 3.63) is 10.1 Å². The van der Waals surface area contributed by atoms with E-state index in [1.54, 1.807) is 0 Å². The first-order chi connectivity index (χ1) is 10.8. The molecule has 8 heteroatoms. The summed E-state index contributed by atoms with van der Waals surface area (Å²) in [6, 6.07) is 0. The fourth-order valence-electron chi connectivity index (χ4n) is 3.07. The predicted octanol–water partition coefficient (Wildman–Crippen LogP) is 2.52. The monoisotopic (exact) mass is 322 g/mol. The lowest BCUT2D eigenvalue weighted by molar-refractivity contribution is -0.383. The first-order valence-corrected chi connectivity index (χ1v) is 8.08. The summed E-state index contributed by atoms with van der Waals surface area (Å²) in [6.45, 7) is 10.6. The number of hydrogen-bond acceptors (Lipinski definition) is 7. The van der Waals surface area contributed by atoms with Gasteiger partial charge in [-0.2, -0.15) is 9.97 Å². The van der Waals surface area contributed by atoms with Gasteiger partial charge in [0.1, 0.15) is 0 Å². The Balaban J connectivity index is 2.39. The molecule has 2 rings (SSSR count). The van der Waals surface area contributed by atoms with E-state index in [-0.39, 0.29) is 11.5 Å². The van der Waals surface area contributed by atoms with Crippen molar-refractivity contribution < 1.29 is 4.92 Å². The molecule has 0 saturated carbocycles. The van der Waals surface area contributed by atoms with E-state index in [1.165, 1.54) is 0 Å². The molecule has 8 nitrogen and oxygen atoms in total. The molecule has 0 spiro atoms. The first kappa shape index (κ1) is 17.2. The lowest BCUT2D eigenvalue weighted by Crippen LogP contribution is -2.39. The smallest absolute Gasteiger partial charge is 0.353 e. The third-order valence-corrected chi connectivity index (χ3v) is 3.91. The van der Waals surface area contributed by atoms with Crippen LogP contribution in [0.1, 0.15) is 34.1 Å². The number of nitrogens with one attached hydrogen (secondary N) is 1. The van der Waals surface area contributed by atoms with Crippen molar-refractivity contribution in [1.29, 1.82) is 0 Å². The zero-order valence-electron chi connectivity index (χ0n) is 14.2. The second kappa shape index (κ2) is 6.97. The fraction of sp³-hybridized carbons (Fsp3) is 0.733. The SMILES string of the molecule is CC(C)CNc1nc(N)c([N+](=O)[O-])c(N2C[C@H](C)C[C@@H](C)C2)n1. The number of anilines is 3. The Hall–Kier alpha value is -2.12. The molecule has 23 heavy (non-hydrogen) atoms. The van der Waals surface area contributed by atoms with Crippen LogP contribution in [-0.2, 0) is 0 Å². The number of piperidine rings is 1. The van der Waals surface area contributed by atoms with Gasteiger partial charge in [-0.25, -0.2) is 0 Å². The molecule has 0 unspecified atom stereocenters. The van der Waals surface area contributed by atoms with Crippen LogP contribution in [-0.4, -0.2) is 34.5 Å². The van der Waals surface area contributed by atoms with Crippen LogP contribution in [0, 0.1) is 27.9 Å². The molecule has 0 amide bonds. The minimum Gasteiger partial charge on any atom is -0.378 e. The average Bonchev–Trinajstić information content (AvgIpc) is 2.42. The minimum atomic E-state index is -0.485. The van der Waals surface area contributed by atoms with Crippen molar-refractivity contribution in [2.24, 2.45) is 17.8 Å². The molecule has 2 heterocycles. The minimum absolute atomic E-state index is 0.0860. The third-order valence-electron chi connectivity index (χ3n) is 3.91. The van der Waals surface area contributed by atoms with Crippen molar-refractivity contribution in [3.8, 4) is 0 Å². The molecule has 3 N–H and O–H groups in total. The summed E-state index contributed by atoms with van der Waals surface area (Å²) in [4.78, 5) is 21.4. The summed E-state index contributed by atoms with van der Waals surface area (Å²) in [5.41, 5.74) is 5.65. The standard InChI is InChI=1S/C15H26N6O2/c1-9(2)6-17-15-18-13(16)12(21(22)23)14(19-15)20-7-10(3)5-11(4)8-20/h9-11H,5-8H2,1-4H3,(H3,16,17,18,19)/t10-,11-/m1/s1. The molecule has 128 valence electrons. The maximum atomic E-state index is 11.4. The molecular weight excluding hydrogens is 296 g/mol. The largest absolute Gasteiger partial charge is 0.378 e. The van der Waals surface area contributed by atoms with Gasteiger partial charge in [0.15, 0.2) is 0 Å². The van der Waals surface area contributed by atoms with Gasteiger partial charge < -0.3 is 16.0 Å². The Bertz CT molecular complexity index is 567. The van der Waals surface area contributed by atoms with Crippen molar-refractivity contribution in [2.75, 3.05) is 35.6 Å². The van der Waals surface area contributed by atoms with Crippen molar-refractivity contribution in [1.82, 2.24) is 9.97 Å². The lowest BCUT2D eigenvalue weighted by Gasteiger charge is -2.35. The normalized spacial score (nSPS) is 21.5. The summed E-state index contributed by atoms with van der Waals surface area (Å²) in [5, 5.41) is 14.5. The summed E-state index contributed by atoms with van der Waals surface area (Å²) in [7, 11) is 0. The molecule has 0 aliphatic carbocycles. The molecule has 1 aliphatic heterocycles. The lowest BCUT2D eigenvalue weighted by atomic mass is 9.92. The number of nitrogen functional groups attached to an aromatic ring is 1. The van der Waals surface area contributed by atoms with Gasteiger partial charge in [0.2, 0.25) is 17.6 Å². The van der Waals surface area contributed by atoms with Crippen molar-refractivity contribution in [2.45, 2.75) is 34.1 Å². The highest BCUT2D eigenvalue weighted by molar-refractivity contribution is 5.71. The van der Waals surface area contributed by atoms with Crippen LogP contribution in [0.15, 0.2) is 0 Å². The molecule has 1 aromatic rings. The van der Waals surface area contributed by atoms with Crippen LogP contribution in [0.4, 0.5) is 23.3 Å². The van der Waals surface area contributed by atoms with Crippen LogP contribution >= 0.6 is 0 Å². The van der Waals surface area contributed by atoms with Crippen molar-refractivity contribution in [3.63, 3.8) is 0 Å². The molecule has 1 fully saturated rings. The zero-order valence-corrected chi connectivity index (χ0v) is 14.2. The van der Waals surface area contributed by atoms with Crippen LogP contribution in [0.25, 0.3) is 0 Å². The molecular formula is C15H26N6O2. The molecule has 0 bridgehead atoms. The highest BCUT2D eigenvalue weighted by Crippen LogP contribution is 2.35. The van der Waals surface area contributed by atoms with Crippen LogP contribution < -0.4 is 16.0 Å². The third kappa shape index (κ3) is 4.20. The number of nitro groups is 1. The second-order valence-corrected chi connectivity index (χ2v) is 6.99. The van der Waals surface area contributed by atoms with E-state index in [1.807, 2.05) is 4.90 Å². The van der Waals surface area contributed by atoms with Gasteiger partial charge in [0.05, 0.1) is 4.92 Å². The first-order valence-electron chi connectivity index (χ1n) is 8.08. The Kier molecular flexibility index (Phi) is 5.23.